The first-order valence-corrected chi connectivity index (χ1v) is 5.64. The highest BCUT2D eigenvalue weighted by Gasteiger charge is 2.39. The zero-order valence-electron chi connectivity index (χ0n) is 7.43. The van der Waals surface area contributed by atoms with E-state index in [-0.39, 0.29) is 0 Å². The van der Waals surface area contributed by atoms with Crippen LogP contribution in [0.5, 0.6) is 0 Å². The van der Waals surface area contributed by atoms with Gasteiger partial charge in [-0.15, -0.1) is 0 Å². The summed E-state index contributed by atoms with van der Waals surface area (Å²) in [7, 11) is 0. The average Bonchev–Trinajstić information content (AvgIpc) is 2.00. The first-order valence-electron chi connectivity index (χ1n) is 4.84. The Labute approximate surface area is 82.9 Å². The first-order chi connectivity index (χ1) is 5.77. The molecule has 2 atom stereocenters. The summed E-state index contributed by atoms with van der Waals surface area (Å²) in [5.74, 6) is 1.02. The molecule has 1 nitrogen and oxygen atoms in total. The van der Waals surface area contributed by atoms with E-state index in [4.69, 9.17) is 0 Å². The fourth-order valence-corrected chi connectivity index (χ4v) is 2.90. The molecule has 0 aromatic rings. The number of hydrogen-bond acceptors (Lipinski definition) is 1. The van der Waals surface area contributed by atoms with Gasteiger partial charge in [0, 0.05) is 23.6 Å². The molecule has 12 heavy (non-hydrogen) atoms. The molecule has 2 fully saturated rings. The van der Waals surface area contributed by atoms with E-state index in [2.05, 4.69) is 27.4 Å². The molecule has 0 radical (unpaired) electrons. The predicted octanol–water partition coefficient (Wildman–Crippen LogP) is 2.77. The molecule has 1 saturated carbocycles. The van der Waals surface area contributed by atoms with Crippen LogP contribution in [0.1, 0.15) is 25.7 Å². The van der Waals surface area contributed by atoms with Crippen molar-refractivity contribution in [3.8, 4) is 0 Å². The van der Waals surface area contributed by atoms with E-state index in [0.29, 0.717) is 0 Å². The van der Waals surface area contributed by atoms with Gasteiger partial charge in [0.05, 0.1) is 0 Å². The SMILES string of the molecule is C=C(Br)CN1CC2CCCCC21. The van der Waals surface area contributed by atoms with Gasteiger partial charge < -0.3 is 0 Å². The van der Waals surface area contributed by atoms with Gasteiger partial charge in [0.1, 0.15) is 0 Å². The van der Waals surface area contributed by atoms with E-state index < -0.39 is 0 Å². The van der Waals surface area contributed by atoms with E-state index in [1.165, 1.54) is 32.2 Å². The van der Waals surface area contributed by atoms with Crippen molar-refractivity contribution in [1.29, 1.82) is 0 Å². The Morgan fingerprint density at radius 1 is 1.42 bits per heavy atom. The third kappa shape index (κ3) is 1.60. The second kappa shape index (κ2) is 3.51. The van der Waals surface area contributed by atoms with E-state index in [0.717, 1.165) is 23.0 Å². The monoisotopic (exact) mass is 229 g/mol. The van der Waals surface area contributed by atoms with Crippen molar-refractivity contribution in [2.75, 3.05) is 13.1 Å². The number of rotatable bonds is 2. The van der Waals surface area contributed by atoms with Gasteiger partial charge in [-0.1, -0.05) is 35.4 Å². The lowest BCUT2D eigenvalue weighted by Gasteiger charge is -2.51. The summed E-state index contributed by atoms with van der Waals surface area (Å²) in [4.78, 5) is 2.56. The van der Waals surface area contributed by atoms with Crippen LogP contribution in [-0.2, 0) is 0 Å². The van der Waals surface area contributed by atoms with Gasteiger partial charge >= 0.3 is 0 Å². The number of hydrogen-bond donors (Lipinski definition) is 0. The van der Waals surface area contributed by atoms with Gasteiger partial charge in [-0.2, -0.15) is 0 Å². The fourth-order valence-electron chi connectivity index (χ4n) is 2.58. The highest BCUT2D eigenvalue weighted by atomic mass is 79.9. The summed E-state index contributed by atoms with van der Waals surface area (Å²) in [6, 6.07) is 0.896. The van der Waals surface area contributed by atoms with Crippen molar-refractivity contribution in [3.05, 3.63) is 11.1 Å². The second-order valence-corrected chi connectivity index (χ2v) is 5.18. The van der Waals surface area contributed by atoms with Crippen molar-refractivity contribution in [2.24, 2.45) is 5.92 Å². The van der Waals surface area contributed by atoms with E-state index in [1.54, 1.807) is 0 Å². The van der Waals surface area contributed by atoms with Crippen LogP contribution in [0, 0.1) is 5.92 Å². The Kier molecular flexibility index (Phi) is 2.56. The van der Waals surface area contributed by atoms with Crippen molar-refractivity contribution in [1.82, 2.24) is 4.90 Å². The summed E-state index contributed by atoms with van der Waals surface area (Å²) in [5, 5.41) is 0. The zero-order valence-corrected chi connectivity index (χ0v) is 9.02. The van der Waals surface area contributed by atoms with Crippen molar-refractivity contribution < 1.29 is 0 Å². The molecule has 0 N–H and O–H groups in total. The van der Waals surface area contributed by atoms with Gasteiger partial charge in [0.15, 0.2) is 0 Å². The molecule has 0 amide bonds. The largest absolute Gasteiger partial charge is 0.295 e. The molecule has 68 valence electrons. The quantitative estimate of drug-likeness (QED) is 0.705. The molecule has 1 saturated heterocycles. The Morgan fingerprint density at radius 2 is 2.17 bits per heavy atom. The van der Waals surface area contributed by atoms with Crippen LogP contribution < -0.4 is 0 Å². The van der Waals surface area contributed by atoms with Crippen molar-refractivity contribution >= 4 is 15.9 Å². The molecular weight excluding hydrogens is 214 g/mol. The van der Waals surface area contributed by atoms with Crippen LogP contribution in [0.3, 0.4) is 0 Å². The Hall–Kier alpha value is 0.180. The molecule has 0 bridgehead atoms. The third-order valence-corrected chi connectivity index (χ3v) is 3.43. The Morgan fingerprint density at radius 3 is 2.83 bits per heavy atom. The molecule has 2 unspecified atom stereocenters. The Balaban J connectivity index is 1.84. The van der Waals surface area contributed by atoms with Gasteiger partial charge in [0.2, 0.25) is 0 Å². The molecule has 0 aromatic carbocycles. The minimum absolute atomic E-state index is 0.896. The molecule has 0 spiro atoms. The summed E-state index contributed by atoms with van der Waals surface area (Å²) in [6.07, 6.45) is 5.79. The molecule has 1 heterocycles. The molecule has 2 aliphatic rings. The van der Waals surface area contributed by atoms with Crippen LogP contribution in [0.15, 0.2) is 11.1 Å². The van der Waals surface area contributed by atoms with Crippen LogP contribution in [-0.4, -0.2) is 24.0 Å². The highest BCUT2D eigenvalue weighted by molar-refractivity contribution is 9.11. The lowest BCUT2D eigenvalue weighted by atomic mass is 9.77. The maximum absolute atomic E-state index is 3.89. The second-order valence-electron chi connectivity index (χ2n) is 4.06. The van der Waals surface area contributed by atoms with E-state index >= 15 is 0 Å². The summed E-state index contributed by atoms with van der Waals surface area (Å²) >= 11 is 3.43. The van der Waals surface area contributed by atoms with E-state index in [9.17, 15) is 0 Å². The van der Waals surface area contributed by atoms with Crippen LogP contribution in [0.25, 0.3) is 0 Å². The maximum atomic E-state index is 3.89. The van der Waals surface area contributed by atoms with Gasteiger partial charge in [0.25, 0.3) is 0 Å². The topological polar surface area (TPSA) is 3.24 Å². The average molecular weight is 230 g/mol. The minimum Gasteiger partial charge on any atom is -0.295 e. The lowest BCUT2D eigenvalue weighted by molar-refractivity contribution is -0.00473. The maximum Gasteiger partial charge on any atom is 0.0297 e. The predicted molar refractivity (Wildman–Crippen MR) is 55.4 cm³/mol. The molecule has 1 aliphatic heterocycles. The number of nitrogens with zero attached hydrogens (tertiary/aromatic N) is 1. The molecule has 0 aromatic heterocycles. The summed E-state index contributed by atoms with van der Waals surface area (Å²) < 4.78 is 1.13. The zero-order chi connectivity index (χ0) is 8.55. The molecular formula is C10H16BrN. The van der Waals surface area contributed by atoms with Crippen LogP contribution in [0.2, 0.25) is 0 Å². The normalized spacial score (nSPS) is 35.4. The highest BCUT2D eigenvalue weighted by Crippen LogP contribution is 2.37. The number of fused-ring (bicyclic) bond motifs is 1. The van der Waals surface area contributed by atoms with Gasteiger partial charge in [-0.3, -0.25) is 4.90 Å². The van der Waals surface area contributed by atoms with Gasteiger partial charge in [-0.25, -0.2) is 0 Å². The molecule has 2 heteroatoms. The lowest BCUT2D eigenvalue weighted by Crippen LogP contribution is -2.57. The Bertz CT molecular complexity index is 190. The summed E-state index contributed by atoms with van der Waals surface area (Å²) in [6.45, 7) is 6.26. The minimum atomic E-state index is 0.896. The number of likely N-dealkylation sites (tertiary alicyclic amines) is 1. The first kappa shape index (κ1) is 8.76. The fraction of sp³-hybridized carbons (Fsp3) is 0.800. The van der Waals surface area contributed by atoms with Gasteiger partial charge in [-0.05, 0) is 18.8 Å². The van der Waals surface area contributed by atoms with E-state index in [1.807, 2.05) is 0 Å². The summed E-state index contributed by atoms with van der Waals surface area (Å²) in [5.41, 5.74) is 0. The standard InChI is InChI=1S/C10H16BrN/c1-8(11)6-12-7-9-4-2-3-5-10(9)12/h9-10H,1-7H2. The van der Waals surface area contributed by atoms with Crippen LogP contribution in [0.4, 0.5) is 0 Å². The molecule has 2 rings (SSSR count). The van der Waals surface area contributed by atoms with Crippen molar-refractivity contribution in [3.63, 3.8) is 0 Å². The molecule has 1 aliphatic carbocycles. The number of halogens is 1. The smallest absolute Gasteiger partial charge is 0.0297 e. The van der Waals surface area contributed by atoms with Crippen LogP contribution >= 0.6 is 15.9 Å². The van der Waals surface area contributed by atoms with Crippen molar-refractivity contribution in [2.45, 2.75) is 31.7 Å². The third-order valence-electron chi connectivity index (χ3n) is 3.18.